The van der Waals surface area contributed by atoms with Gasteiger partial charge in [0.15, 0.2) is 0 Å². The highest BCUT2D eigenvalue weighted by Crippen LogP contribution is 2.30. The van der Waals surface area contributed by atoms with Crippen LogP contribution in [-0.4, -0.2) is 118 Å². The third kappa shape index (κ3) is 14.3. The van der Waals surface area contributed by atoms with Crippen molar-refractivity contribution in [3.05, 3.63) is 35.4 Å². The van der Waals surface area contributed by atoms with Crippen LogP contribution in [0.15, 0.2) is 34.3 Å². The molecule has 0 bridgehead atoms. The monoisotopic (exact) mass is 839 g/mol. The molecule has 4 N–H and O–H groups in total. The Hall–Kier alpha value is -3.56. The van der Waals surface area contributed by atoms with E-state index >= 15 is 0 Å². The number of piperidine rings is 1. The van der Waals surface area contributed by atoms with Gasteiger partial charge in [-0.15, -0.1) is 23.5 Å². The molecule has 320 valence electrons. The van der Waals surface area contributed by atoms with Gasteiger partial charge >= 0.3 is 11.9 Å². The van der Waals surface area contributed by atoms with Crippen molar-refractivity contribution in [3.8, 4) is 0 Å². The zero-order chi connectivity index (χ0) is 41.3. The quantitative estimate of drug-likeness (QED) is 0.126. The van der Waals surface area contributed by atoms with Crippen molar-refractivity contribution in [1.29, 1.82) is 0 Å². The molecule has 2 aliphatic carbocycles. The summed E-state index contributed by atoms with van der Waals surface area (Å²) in [7, 11) is 0. The number of rotatable bonds is 16. The van der Waals surface area contributed by atoms with E-state index in [0.29, 0.717) is 30.8 Å². The zero-order valence-corrected chi connectivity index (χ0v) is 36.2. The SMILES string of the molecule is CCCSc1nc(N2CCC[C@@H](CC(=O)O)C2)ccc1C(=O)NC1CCCCC1.CCCSc1nc(N2CCN(CC(=O)O)CC2)ccc1C(=O)NC1CCCCC1. The molecule has 2 saturated carbocycles. The lowest BCUT2D eigenvalue weighted by atomic mass is 9.95. The van der Waals surface area contributed by atoms with E-state index in [1.54, 1.807) is 23.5 Å². The van der Waals surface area contributed by atoms with Gasteiger partial charge in [-0.3, -0.25) is 24.1 Å². The van der Waals surface area contributed by atoms with Gasteiger partial charge in [-0.25, -0.2) is 9.97 Å². The molecular formula is C43H65N7O6S2. The van der Waals surface area contributed by atoms with Crippen molar-refractivity contribution in [1.82, 2.24) is 25.5 Å². The van der Waals surface area contributed by atoms with Gasteiger partial charge in [0.2, 0.25) is 0 Å². The third-order valence-electron chi connectivity index (χ3n) is 11.3. The second-order valence-corrected chi connectivity index (χ2v) is 18.2. The lowest BCUT2D eigenvalue weighted by Crippen LogP contribution is -2.48. The molecule has 2 aromatic heterocycles. The second kappa shape index (κ2) is 23.9. The number of hydrogen-bond acceptors (Lipinski definition) is 11. The average Bonchev–Trinajstić information content (AvgIpc) is 3.23. The van der Waals surface area contributed by atoms with Crippen LogP contribution in [0.4, 0.5) is 11.6 Å². The summed E-state index contributed by atoms with van der Waals surface area (Å²) < 4.78 is 0. The normalized spacial score (nSPS) is 19.5. The zero-order valence-electron chi connectivity index (χ0n) is 34.6. The molecule has 58 heavy (non-hydrogen) atoms. The molecule has 1 atom stereocenters. The number of carbonyl (C=O) groups excluding carboxylic acids is 2. The van der Waals surface area contributed by atoms with Crippen LogP contribution in [0.3, 0.4) is 0 Å². The van der Waals surface area contributed by atoms with Gasteiger partial charge in [0.1, 0.15) is 21.7 Å². The number of hydrogen-bond donors (Lipinski definition) is 4. The van der Waals surface area contributed by atoms with Gasteiger partial charge in [-0.05, 0) is 93.1 Å². The third-order valence-corrected chi connectivity index (χ3v) is 13.7. The maximum Gasteiger partial charge on any atom is 0.317 e. The van der Waals surface area contributed by atoms with Crippen molar-refractivity contribution in [2.45, 2.75) is 132 Å². The molecule has 4 aliphatic rings. The minimum atomic E-state index is -0.789. The maximum atomic E-state index is 12.9. The minimum Gasteiger partial charge on any atom is -0.481 e. The molecule has 0 radical (unpaired) electrons. The van der Waals surface area contributed by atoms with Crippen LogP contribution in [0.25, 0.3) is 0 Å². The number of carboxylic acid groups (broad SMARTS) is 2. The van der Waals surface area contributed by atoms with Gasteiger partial charge in [-0.2, -0.15) is 0 Å². The Labute approximate surface area is 353 Å². The molecule has 4 heterocycles. The van der Waals surface area contributed by atoms with Crippen LogP contribution in [0.2, 0.25) is 0 Å². The first kappa shape index (κ1) is 45.5. The van der Waals surface area contributed by atoms with Crippen molar-refractivity contribution in [3.63, 3.8) is 0 Å². The number of nitrogens with zero attached hydrogens (tertiary/aromatic N) is 5. The molecular weight excluding hydrogens is 775 g/mol. The molecule has 4 fully saturated rings. The molecule has 15 heteroatoms. The number of nitrogens with one attached hydrogen (secondary N) is 2. The number of anilines is 2. The number of amides is 2. The fourth-order valence-electron chi connectivity index (χ4n) is 8.21. The van der Waals surface area contributed by atoms with Crippen LogP contribution in [0.1, 0.15) is 131 Å². The number of aliphatic carboxylic acids is 2. The summed E-state index contributed by atoms with van der Waals surface area (Å²) in [6.45, 7) is 8.82. The van der Waals surface area contributed by atoms with Crippen LogP contribution in [0.5, 0.6) is 0 Å². The van der Waals surface area contributed by atoms with Gasteiger partial charge in [0, 0.05) is 57.8 Å². The summed E-state index contributed by atoms with van der Waals surface area (Å²) in [6, 6.07) is 8.22. The number of thioether (sulfide) groups is 2. The van der Waals surface area contributed by atoms with Gasteiger partial charge < -0.3 is 30.6 Å². The lowest BCUT2D eigenvalue weighted by molar-refractivity contribution is -0.139. The summed E-state index contributed by atoms with van der Waals surface area (Å²) in [6.07, 6.45) is 15.7. The fraction of sp³-hybridized carbons (Fsp3) is 0.674. The standard InChI is InChI=1S/C22H33N3O3S.C21H32N4O3S/c1-2-13-29-22-18(21(28)23-17-8-4-3-5-9-17)10-11-19(24-22)25-12-6-7-16(15-25)14-20(26)27;1-2-14-29-21-17(20(28)22-16-6-4-3-5-7-16)8-9-18(23-21)25-12-10-24(11-13-25)15-19(26)27/h10-11,16-17H,2-9,12-15H2,1H3,(H,23,28)(H,26,27);8-9,16H,2-7,10-15H2,1H3,(H,22,28)(H,26,27)/t16-;/m0./s1. The van der Waals surface area contributed by atoms with Crippen LogP contribution < -0.4 is 20.4 Å². The Kier molecular flexibility index (Phi) is 18.7. The Morgan fingerprint density at radius 3 is 1.60 bits per heavy atom. The highest BCUT2D eigenvalue weighted by Gasteiger charge is 2.26. The Morgan fingerprint density at radius 1 is 0.638 bits per heavy atom. The molecule has 0 aromatic carbocycles. The predicted octanol–water partition coefficient (Wildman–Crippen LogP) is 7.19. The number of aromatic nitrogens is 2. The molecule has 2 amide bonds. The van der Waals surface area contributed by atoms with Crippen molar-refractivity contribution in [2.24, 2.45) is 5.92 Å². The number of carbonyl (C=O) groups is 4. The molecule has 0 unspecified atom stereocenters. The number of carboxylic acids is 2. The first-order valence-electron chi connectivity index (χ1n) is 21.7. The molecule has 0 spiro atoms. The van der Waals surface area contributed by atoms with Gasteiger partial charge in [-0.1, -0.05) is 52.4 Å². The van der Waals surface area contributed by atoms with Crippen LogP contribution in [0, 0.1) is 5.92 Å². The van der Waals surface area contributed by atoms with Crippen LogP contribution >= 0.6 is 23.5 Å². The Balaban J connectivity index is 0.000000221. The van der Waals surface area contributed by atoms with E-state index in [0.717, 1.165) is 104 Å². The van der Waals surface area contributed by atoms with E-state index in [2.05, 4.69) is 34.3 Å². The summed E-state index contributed by atoms with van der Waals surface area (Å²) in [4.78, 5) is 63.8. The molecule has 6 rings (SSSR count). The summed E-state index contributed by atoms with van der Waals surface area (Å²) in [5.41, 5.74) is 1.33. The summed E-state index contributed by atoms with van der Waals surface area (Å²) in [5.74, 6) is 2.17. The van der Waals surface area contributed by atoms with E-state index in [9.17, 15) is 19.2 Å². The van der Waals surface area contributed by atoms with Gasteiger partial charge in [0.05, 0.1) is 17.7 Å². The van der Waals surface area contributed by atoms with Crippen molar-refractivity contribution < 1.29 is 29.4 Å². The van der Waals surface area contributed by atoms with Gasteiger partial charge in [0.25, 0.3) is 11.8 Å². The minimum absolute atomic E-state index is 0.0131. The average molecular weight is 840 g/mol. The molecule has 2 saturated heterocycles. The van der Waals surface area contributed by atoms with Crippen molar-refractivity contribution >= 4 is 58.9 Å². The topological polar surface area (TPSA) is 168 Å². The van der Waals surface area contributed by atoms with E-state index in [-0.39, 0.29) is 42.8 Å². The fourth-order valence-corrected chi connectivity index (χ4v) is 9.95. The van der Waals surface area contributed by atoms with E-state index in [1.165, 1.54) is 38.5 Å². The lowest BCUT2D eigenvalue weighted by Gasteiger charge is -2.34. The Bertz CT molecular complexity index is 1650. The predicted molar refractivity (Wildman–Crippen MR) is 233 cm³/mol. The molecule has 2 aliphatic heterocycles. The second-order valence-electron chi connectivity index (χ2n) is 16.1. The van der Waals surface area contributed by atoms with Crippen molar-refractivity contribution in [2.75, 3.05) is 67.1 Å². The first-order chi connectivity index (χ1) is 28.1. The molecule has 2 aromatic rings. The largest absolute Gasteiger partial charge is 0.481 e. The summed E-state index contributed by atoms with van der Waals surface area (Å²) >= 11 is 3.27. The number of piperazine rings is 1. The van der Waals surface area contributed by atoms with E-state index < -0.39 is 11.9 Å². The summed E-state index contributed by atoms with van der Waals surface area (Å²) in [5, 5.41) is 26.1. The highest BCUT2D eigenvalue weighted by molar-refractivity contribution is 7.99. The maximum absolute atomic E-state index is 12.9. The van der Waals surface area contributed by atoms with Crippen LogP contribution in [-0.2, 0) is 9.59 Å². The van der Waals surface area contributed by atoms with E-state index in [4.69, 9.17) is 20.2 Å². The number of pyridine rings is 2. The first-order valence-corrected chi connectivity index (χ1v) is 23.7. The smallest absolute Gasteiger partial charge is 0.317 e. The molecule has 13 nitrogen and oxygen atoms in total. The Morgan fingerprint density at radius 2 is 1.14 bits per heavy atom. The highest BCUT2D eigenvalue weighted by atomic mass is 32.2. The van der Waals surface area contributed by atoms with E-state index in [1.807, 2.05) is 29.2 Å².